The molecule has 0 saturated heterocycles. The van der Waals surface area contributed by atoms with E-state index in [2.05, 4.69) is 10.6 Å². The van der Waals surface area contributed by atoms with Crippen LogP contribution in [0.5, 0.6) is 11.5 Å². The lowest BCUT2D eigenvalue weighted by Gasteiger charge is -2.18. The monoisotopic (exact) mass is 383 g/mol. The maximum atomic E-state index is 12.7. The fraction of sp³-hybridized carbons (Fsp3) is 0.556. The highest BCUT2D eigenvalue weighted by Gasteiger charge is 2.56. The number of methoxy groups -OCH3 is 2. The fourth-order valence-electron chi connectivity index (χ4n) is 2.65. The Morgan fingerprint density at radius 1 is 1.15 bits per heavy atom. The Morgan fingerprint density at radius 2 is 1.81 bits per heavy atom. The largest absolute Gasteiger partial charge is 0.495 e. The van der Waals surface area contributed by atoms with Gasteiger partial charge in [-0.1, -0.05) is 11.6 Å². The molecule has 2 N–H and O–H groups in total. The maximum Gasteiger partial charge on any atom is 0.240 e. The molecule has 2 rings (SSSR count). The van der Waals surface area contributed by atoms with Crippen molar-refractivity contribution < 1.29 is 19.1 Å². The molecule has 0 aromatic heterocycles. The summed E-state index contributed by atoms with van der Waals surface area (Å²) in [6, 6.07) is 3.15. The van der Waals surface area contributed by atoms with Gasteiger partial charge in [0.2, 0.25) is 11.8 Å². The first-order valence-corrected chi connectivity index (χ1v) is 8.88. The Morgan fingerprint density at radius 3 is 2.35 bits per heavy atom. The number of nitrogens with zero attached hydrogens (tertiary/aromatic N) is 1. The van der Waals surface area contributed by atoms with Crippen LogP contribution in [0.15, 0.2) is 12.1 Å². The summed E-state index contributed by atoms with van der Waals surface area (Å²) in [5.41, 5.74) is -0.582. The summed E-state index contributed by atoms with van der Waals surface area (Å²) in [6.45, 7) is 1.42. The van der Waals surface area contributed by atoms with Crippen LogP contribution in [0.25, 0.3) is 0 Å². The molecule has 1 aliphatic rings. The van der Waals surface area contributed by atoms with Crippen LogP contribution in [-0.4, -0.2) is 58.1 Å². The number of nitrogens with one attached hydrogen (secondary N) is 2. The summed E-state index contributed by atoms with van der Waals surface area (Å²) >= 11 is 6.08. The first-order chi connectivity index (χ1) is 12.3. The van der Waals surface area contributed by atoms with Crippen molar-refractivity contribution in [1.82, 2.24) is 10.2 Å². The highest BCUT2D eigenvalue weighted by atomic mass is 35.5. The average molecular weight is 384 g/mol. The molecule has 1 fully saturated rings. The third-order valence-electron chi connectivity index (χ3n) is 4.41. The van der Waals surface area contributed by atoms with Crippen LogP contribution in [0.1, 0.15) is 19.3 Å². The number of carbonyl (C=O) groups excluding carboxylic acids is 2. The maximum absolute atomic E-state index is 12.7. The molecular weight excluding hydrogens is 358 g/mol. The van der Waals surface area contributed by atoms with Gasteiger partial charge in [-0.3, -0.25) is 9.59 Å². The number of hydrogen-bond donors (Lipinski definition) is 2. The van der Waals surface area contributed by atoms with Gasteiger partial charge >= 0.3 is 0 Å². The molecule has 0 radical (unpaired) electrons. The number of amides is 2. The lowest BCUT2D eigenvalue weighted by Crippen LogP contribution is -2.40. The van der Waals surface area contributed by atoms with Crippen LogP contribution in [0.4, 0.5) is 5.69 Å². The minimum atomic E-state index is -1.00. The van der Waals surface area contributed by atoms with E-state index >= 15 is 0 Å². The van der Waals surface area contributed by atoms with E-state index < -0.39 is 5.41 Å². The minimum absolute atomic E-state index is 0.228. The third kappa shape index (κ3) is 4.59. The van der Waals surface area contributed by atoms with Gasteiger partial charge in [0.15, 0.2) is 0 Å². The van der Waals surface area contributed by atoms with Crippen LogP contribution in [-0.2, 0) is 9.59 Å². The van der Waals surface area contributed by atoms with Gasteiger partial charge in [-0.05, 0) is 39.9 Å². The molecule has 0 bridgehead atoms. The Balaban J connectivity index is 2.04. The fourth-order valence-corrected chi connectivity index (χ4v) is 2.88. The van der Waals surface area contributed by atoms with Crippen LogP contribution < -0.4 is 20.1 Å². The number of rotatable bonds is 9. The quantitative estimate of drug-likeness (QED) is 0.504. The van der Waals surface area contributed by atoms with Gasteiger partial charge in [0, 0.05) is 18.7 Å². The van der Waals surface area contributed by atoms with Gasteiger partial charge in [-0.25, -0.2) is 0 Å². The van der Waals surface area contributed by atoms with E-state index in [-0.39, 0.29) is 11.8 Å². The Hall–Kier alpha value is -1.99. The van der Waals surface area contributed by atoms with Gasteiger partial charge in [0.1, 0.15) is 16.9 Å². The van der Waals surface area contributed by atoms with Gasteiger partial charge < -0.3 is 25.0 Å². The van der Waals surface area contributed by atoms with Crippen LogP contribution in [0, 0.1) is 5.41 Å². The third-order valence-corrected chi connectivity index (χ3v) is 4.70. The highest BCUT2D eigenvalue weighted by Crippen LogP contribution is 2.47. The second kappa shape index (κ2) is 8.60. The molecule has 1 aromatic carbocycles. The van der Waals surface area contributed by atoms with Crippen molar-refractivity contribution in [2.24, 2.45) is 5.41 Å². The van der Waals surface area contributed by atoms with E-state index in [4.69, 9.17) is 21.1 Å². The SMILES string of the molecule is COc1cc(NC(=O)C2(C(=O)NCCCN(C)C)CC2)c(OC)cc1Cl. The molecule has 0 atom stereocenters. The average Bonchev–Trinajstić information content (AvgIpc) is 3.41. The van der Waals surface area contributed by atoms with Crippen molar-refractivity contribution in [1.29, 1.82) is 0 Å². The molecule has 7 nitrogen and oxygen atoms in total. The summed E-state index contributed by atoms with van der Waals surface area (Å²) in [4.78, 5) is 27.2. The zero-order valence-electron chi connectivity index (χ0n) is 15.6. The molecule has 8 heteroatoms. The van der Waals surface area contributed by atoms with E-state index in [1.165, 1.54) is 14.2 Å². The Labute approximate surface area is 159 Å². The molecule has 1 saturated carbocycles. The molecule has 1 aromatic rings. The van der Waals surface area contributed by atoms with Crippen LogP contribution in [0.3, 0.4) is 0 Å². The van der Waals surface area contributed by atoms with Crippen molar-refractivity contribution in [3.8, 4) is 11.5 Å². The molecule has 0 aliphatic heterocycles. The summed E-state index contributed by atoms with van der Waals surface area (Å²) in [5.74, 6) is 0.256. The summed E-state index contributed by atoms with van der Waals surface area (Å²) < 4.78 is 10.4. The summed E-state index contributed by atoms with van der Waals surface area (Å²) in [6.07, 6.45) is 1.90. The van der Waals surface area contributed by atoms with E-state index in [1.54, 1.807) is 12.1 Å². The van der Waals surface area contributed by atoms with Crippen molar-refractivity contribution in [3.63, 3.8) is 0 Å². The van der Waals surface area contributed by atoms with Gasteiger partial charge in [0.25, 0.3) is 0 Å². The molecular formula is C18H26ClN3O4. The molecule has 1 aliphatic carbocycles. The predicted molar refractivity (Wildman–Crippen MR) is 101 cm³/mol. The van der Waals surface area contributed by atoms with Gasteiger partial charge in [-0.2, -0.15) is 0 Å². The molecule has 26 heavy (non-hydrogen) atoms. The number of carbonyl (C=O) groups is 2. The summed E-state index contributed by atoms with van der Waals surface area (Å²) in [5, 5.41) is 6.03. The number of anilines is 1. The van der Waals surface area contributed by atoms with Crippen molar-refractivity contribution in [2.75, 3.05) is 46.7 Å². The van der Waals surface area contributed by atoms with Crippen molar-refractivity contribution in [2.45, 2.75) is 19.3 Å². The van der Waals surface area contributed by atoms with E-state index in [9.17, 15) is 9.59 Å². The lowest BCUT2D eigenvalue weighted by atomic mass is 10.0. The number of hydrogen-bond acceptors (Lipinski definition) is 5. The first-order valence-electron chi connectivity index (χ1n) is 8.50. The second-order valence-electron chi connectivity index (χ2n) is 6.64. The van der Waals surface area contributed by atoms with Gasteiger partial charge in [0.05, 0.1) is 24.9 Å². The Kier molecular flexibility index (Phi) is 6.72. The molecule has 2 amide bonds. The highest BCUT2D eigenvalue weighted by molar-refractivity contribution is 6.32. The lowest BCUT2D eigenvalue weighted by molar-refractivity contribution is -0.134. The molecule has 0 heterocycles. The molecule has 144 valence electrons. The normalized spacial score (nSPS) is 14.7. The number of halogens is 1. The zero-order valence-corrected chi connectivity index (χ0v) is 16.4. The Bertz CT molecular complexity index is 675. The standard InChI is InChI=1S/C18H26ClN3O4/c1-22(2)9-5-8-20-16(23)18(6-7-18)17(24)21-13-11-14(25-3)12(19)10-15(13)26-4/h10-11H,5-9H2,1-4H3,(H,20,23)(H,21,24). The van der Waals surface area contributed by atoms with Crippen molar-refractivity contribution in [3.05, 3.63) is 17.2 Å². The summed E-state index contributed by atoms with van der Waals surface area (Å²) in [7, 11) is 6.93. The van der Waals surface area contributed by atoms with E-state index in [0.29, 0.717) is 41.6 Å². The minimum Gasteiger partial charge on any atom is -0.495 e. The van der Waals surface area contributed by atoms with Crippen LogP contribution >= 0.6 is 11.6 Å². The van der Waals surface area contributed by atoms with Crippen molar-refractivity contribution >= 4 is 29.1 Å². The first kappa shape index (κ1) is 20.3. The van der Waals surface area contributed by atoms with Crippen LogP contribution in [0.2, 0.25) is 5.02 Å². The number of ether oxygens (including phenoxy) is 2. The van der Waals surface area contributed by atoms with E-state index in [0.717, 1.165) is 13.0 Å². The predicted octanol–water partition coefficient (Wildman–Crippen LogP) is 2.14. The number of benzene rings is 1. The van der Waals surface area contributed by atoms with Gasteiger partial charge in [-0.15, -0.1) is 0 Å². The second-order valence-corrected chi connectivity index (χ2v) is 7.04. The molecule has 0 unspecified atom stereocenters. The smallest absolute Gasteiger partial charge is 0.240 e. The topological polar surface area (TPSA) is 79.9 Å². The zero-order chi connectivity index (χ0) is 19.3. The molecule has 0 spiro atoms. The van der Waals surface area contributed by atoms with E-state index in [1.807, 2.05) is 19.0 Å².